The molecular formula is C11H11F3O3S. The van der Waals surface area contributed by atoms with Crippen LogP contribution in [0.5, 0.6) is 0 Å². The summed E-state index contributed by atoms with van der Waals surface area (Å²) in [5, 5.41) is 0. The van der Waals surface area contributed by atoms with Crippen LogP contribution in [0.25, 0.3) is 0 Å². The summed E-state index contributed by atoms with van der Waals surface area (Å²) in [7, 11) is -0.462. The molecule has 0 heterocycles. The van der Waals surface area contributed by atoms with E-state index in [0.29, 0.717) is 0 Å². The third-order valence-electron chi connectivity index (χ3n) is 2.14. The fourth-order valence-electron chi connectivity index (χ4n) is 1.21. The Hall–Kier alpha value is -1.37. The molecule has 0 bridgehead atoms. The van der Waals surface area contributed by atoms with Gasteiger partial charge < -0.3 is 4.74 Å². The Kier molecular flexibility index (Phi) is 4.89. The molecule has 0 aliphatic heterocycles. The highest BCUT2D eigenvalue weighted by molar-refractivity contribution is 7.85. The molecule has 0 fully saturated rings. The Bertz CT molecular complexity index is 457. The van der Waals surface area contributed by atoms with E-state index in [2.05, 4.69) is 4.74 Å². The maximum Gasteiger partial charge on any atom is 0.416 e. The Labute approximate surface area is 104 Å². The summed E-state index contributed by atoms with van der Waals surface area (Å²) in [6.45, 7) is 0. The average Bonchev–Trinajstić information content (AvgIpc) is 2.34. The summed E-state index contributed by atoms with van der Waals surface area (Å²) in [5.41, 5.74) is -0.855. The molecule has 0 radical (unpaired) electrons. The van der Waals surface area contributed by atoms with Crippen molar-refractivity contribution in [1.29, 1.82) is 0 Å². The molecule has 0 N–H and O–H groups in total. The van der Waals surface area contributed by atoms with Gasteiger partial charge in [-0.25, -0.2) is 0 Å². The number of alkyl halides is 3. The third kappa shape index (κ3) is 4.14. The predicted molar refractivity (Wildman–Crippen MR) is 59.4 cm³/mol. The number of ether oxygens (including phenoxy) is 1. The Morgan fingerprint density at radius 3 is 2.61 bits per heavy atom. The van der Waals surface area contributed by atoms with Gasteiger partial charge in [-0.15, -0.1) is 0 Å². The molecule has 100 valence electrons. The molecule has 1 rings (SSSR count). The molecule has 18 heavy (non-hydrogen) atoms. The summed E-state index contributed by atoms with van der Waals surface area (Å²) in [6.07, 6.45) is -4.57. The second-order valence-corrected chi connectivity index (χ2v) is 4.97. The largest absolute Gasteiger partial charge is 0.469 e. The minimum atomic E-state index is -4.47. The summed E-state index contributed by atoms with van der Waals surface area (Å²) in [4.78, 5) is 10.9. The van der Waals surface area contributed by atoms with Crippen LogP contribution >= 0.6 is 0 Å². The number of carbonyl (C=O) groups is 1. The average molecular weight is 280 g/mol. The molecular weight excluding hydrogens is 269 g/mol. The molecule has 1 aromatic carbocycles. The Balaban J connectivity index is 2.78. The van der Waals surface area contributed by atoms with Crippen molar-refractivity contribution >= 4 is 16.8 Å². The van der Waals surface area contributed by atoms with Gasteiger partial charge in [0.25, 0.3) is 0 Å². The van der Waals surface area contributed by atoms with E-state index in [1.807, 2.05) is 0 Å². The van der Waals surface area contributed by atoms with E-state index < -0.39 is 28.5 Å². The van der Waals surface area contributed by atoms with Crippen molar-refractivity contribution in [1.82, 2.24) is 0 Å². The van der Waals surface area contributed by atoms with E-state index >= 15 is 0 Å². The van der Waals surface area contributed by atoms with Crippen LogP contribution in [-0.4, -0.2) is 23.0 Å². The van der Waals surface area contributed by atoms with Crippen molar-refractivity contribution in [3.63, 3.8) is 0 Å². The topological polar surface area (TPSA) is 43.4 Å². The van der Waals surface area contributed by atoms with Gasteiger partial charge in [-0.3, -0.25) is 9.00 Å². The first-order valence-electron chi connectivity index (χ1n) is 4.97. The Morgan fingerprint density at radius 2 is 2.06 bits per heavy atom. The van der Waals surface area contributed by atoms with E-state index in [0.717, 1.165) is 12.1 Å². The fourth-order valence-corrected chi connectivity index (χ4v) is 2.29. The normalized spacial score (nSPS) is 13.1. The highest BCUT2D eigenvalue weighted by atomic mass is 32.2. The predicted octanol–water partition coefficient (Wildman–Crippen LogP) is 2.38. The highest BCUT2D eigenvalue weighted by Crippen LogP contribution is 2.30. The van der Waals surface area contributed by atoms with Crippen molar-refractivity contribution in [2.75, 3.05) is 12.9 Å². The maximum absolute atomic E-state index is 12.4. The van der Waals surface area contributed by atoms with E-state index in [9.17, 15) is 22.2 Å². The molecule has 1 aromatic rings. The molecule has 3 nitrogen and oxygen atoms in total. The van der Waals surface area contributed by atoms with Crippen LogP contribution in [-0.2, 0) is 26.5 Å². The van der Waals surface area contributed by atoms with E-state index in [1.54, 1.807) is 0 Å². The molecule has 1 unspecified atom stereocenters. The van der Waals surface area contributed by atoms with Crippen molar-refractivity contribution < 1.29 is 26.9 Å². The molecule has 1 atom stereocenters. The third-order valence-corrected chi connectivity index (χ3v) is 3.50. The number of carbonyl (C=O) groups excluding carboxylic acids is 1. The van der Waals surface area contributed by atoms with E-state index in [4.69, 9.17) is 0 Å². The van der Waals surface area contributed by atoms with Gasteiger partial charge in [0.1, 0.15) is 0 Å². The standard InChI is InChI=1S/C11H11F3O3S/c1-17-10(15)5-6-18(16)9-4-2-3-8(7-9)11(12,13)14/h2-4,7H,5-6H2,1H3. The number of esters is 1. The van der Waals surface area contributed by atoms with Gasteiger partial charge in [-0.1, -0.05) is 6.07 Å². The lowest BCUT2D eigenvalue weighted by molar-refractivity contribution is -0.140. The van der Waals surface area contributed by atoms with Crippen LogP contribution < -0.4 is 0 Å². The zero-order valence-corrected chi connectivity index (χ0v) is 10.3. The lowest BCUT2D eigenvalue weighted by atomic mass is 10.2. The van der Waals surface area contributed by atoms with Crippen molar-refractivity contribution in [3.8, 4) is 0 Å². The van der Waals surface area contributed by atoms with E-state index in [1.165, 1.54) is 19.2 Å². The lowest BCUT2D eigenvalue weighted by Gasteiger charge is -2.08. The van der Waals surface area contributed by atoms with Crippen LogP contribution in [0.2, 0.25) is 0 Å². The van der Waals surface area contributed by atoms with Crippen molar-refractivity contribution in [3.05, 3.63) is 29.8 Å². The number of halogens is 3. The van der Waals surface area contributed by atoms with Gasteiger partial charge in [0.2, 0.25) is 0 Å². The number of hydrogen-bond donors (Lipinski definition) is 0. The van der Waals surface area contributed by atoms with E-state index in [-0.39, 0.29) is 17.1 Å². The SMILES string of the molecule is COC(=O)CCS(=O)c1cccc(C(F)(F)F)c1. The molecule has 0 aliphatic rings. The van der Waals surface area contributed by atoms with Crippen LogP contribution in [0.15, 0.2) is 29.2 Å². The summed E-state index contributed by atoms with van der Waals surface area (Å²) in [6, 6.07) is 4.26. The molecule has 7 heteroatoms. The molecule has 0 saturated carbocycles. The van der Waals surface area contributed by atoms with Gasteiger partial charge in [0, 0.05) is 10.6 Å². The quantitative estimate of drug-likeness (QED) is 0.795. The van der Waals surface area contributed by atoms with Crippen LogP contribution in [0.1, 0.15) is 12.0 Å². The summed E-state index contributed by atoms with van der Waals surface area (Å²) in [5.74, 6) is -0.608. The summed E-state index contributed by atoms with van der Waals surface area (Å²) < 4.78 is 53.3. The number of hydrogen-bond acceptors (Lipinski definition) is 3. The molecule has 0 aromatic heterocycles. The van der Waals surface area contributed by atoms with Gasteiger partial charge in [-0.2, -0.15) is 13.2 Å². The molecule has 0 saturated heterocycles. The first-order valence-corrected chi connectivity index (χ1v) is 6.29. The second-order valence-electron chi connectivity index (χ2n) is 3.40. The summed E-state index contributed by atoms with van der Waals surface area (Å²) >= 11 is 0. The fraction of sp³-hybridized carbons (Fsp3) is 0.364. The zero-order valence-electron chi connectivity index (χ0n) is 9.49. The second kappa shape index (κ2) is 5.99. The van der Waals surface area contributed by atoms with Crippen molar-refractivity contribution in [2.24, 2.45) is 0 Å². The zero-order chi connectivity index (χ0) is 13.8. The van der Waals surface area contributed by atoms with Crippen molar-refractivity contribution in [2.45, 2.75) is 17.5 Å². The molecule has 0 amide bonds. The van der Waals surface area contributed by atoms with Gasteiger partial charge in [0.15, 0.2) is 0 Å². The van der Waals surface area contributed by atoms with Gasteiger partial charge >= 0.3 is 12.1 Å². The molecule has 0 aliphatic carbocycles. The lowest BCUT2D eigenvalue weighted by Crippen LogP contribution is -2.09. The molecule has 0 spiro atoms. The minimum Gasteiger partial charge on any atom is -0.469 e. The first-order chi connectivity index (χ1) is 8.34. The van der Waals surface area contributed by atoms with Crippen LogP contribution in [0.3, 0.4) is 0 Å². The Morgan fingerprint density at radius 1 is 1.39 bits per heavy atom. The number of methoxy groups -OCH3 is 1. The van der Waals surface area contributed by atoms with Gasteiger partial charge in [-0.05, 0) is 18.2 Å². The van der Waals surface area contributed by atoms with Crippen LogP contribution in [0, 0.1) is 0 Å². The van der Waals surface area contributed by atoms with Gasteiger partial charge in [0.05, 0.1) is 29.9 Å². The smallest absolute Gasteiger partial charge is 0.416 e. The number of rotatable bonds is 4. The monoisotopic (exact) mass is 280 g/mol. The highest BCUT2D eigenvalue weighted by Gasteiger charge is 2.30. The first kappa shape index (κ1) is 14.7. The number of benzene rings is 1. The van der Waals surface area contributed by atoms with Crippen LogP contribution in [0.4, 0.5) is 13.2 Å². The maximum atomic E-state index is 12.4. The minimum absolute atomic E-state index is 0.0497.